The normalized spacial score (nSPS) is 48.1. The maximum absolute atomic E-state index is 4.58. The Balaban J connectivity index is 0.00000113. The molecular weight excluding hydrogens is 674 g/mol. The molecule has 9 aliphatic rings. The van der Waals surface area contributed by atoms with Gasteiger partial charge in [-0.15, -0.1) is 0 Å². The van der Waals surface area contributed by atoms with Gasteiger partial charge in [0.2, 0.25) is 0 Å². The molecule has 2 atom stereocenters. The van der Waals surface area contributed by atoms with Gasteiger partial charge in [0.25, 0.3) is 0 Å². The van der Waals surface area contributed by atoms with Gasteiger partial charge in [-0.05, 0) is 147 Å². The van der Waals surface area contributed by atoms with Gasteiger partial charge < -0.3 is 4.90 Å². The Kier molecular flexibility index (Phi) is 7.19. The predicted octanol–water partition coefficient (Wildman–Crippen LogP) is 8.90. The quantitative estimate of drug-likeness (QED) is 0.222. The van der Waals surface area contributed by atoms with Gasteiger partial charge in [0.05, 0.1) is 0 Å². The number of hydrogen-bond acceptors (Lipinski definition) is 1. The zero-order valence-electron chi connectivity index (χ0n) is 23.1. The first-order chi connectivity index (χ1) is 18.0. The van der Waals surface area contributed by atoms with Crippen molar-refractivity contribution < 1.29 is 20.0 Å². The van der Waals surface area contributed by atoms with Gasteiger partial charge in [0.15, 0.2) is 0 Å². The summed E-state index contributed by atoms with van der Waals surface area (Å²) in [4.78, 5) is 2.88. The van der Waals surface area contributed by atoms with Gasteiger partial charge in [0.1, 0.15) is 0 Å². The summed E-state index contributed by atoms with van der Waals surface area (Å²) in [6.07, 6.45) is 20.6. The van der Waals surface area contributed by atoms with Crippen LogP contribution in [0.15, 0.2) is 24.3 Å². The molecule has 1 aromatic carbocycles. The van der Waals surface area contributed by atoms with E-state index in [2.05, 4.69) is 52.2 Å². The molecular formula is C33H48AuClNP. The molecule has 10 rings (SSSR count). The number of benzene rings is 1. The van der Waals surface area contributed by atoms with E-state index in [9.17, 15) is 0 Å². The van der Waals surface area contributed by atoms with Crippen LogP contribution in [0.2, 0.25) is 0 Å². The van der Waals surface area contributed by atoms with Crippen LogP contribution in [-0.4, -0.2) is 23.4 Å². The predicted molar refractivity (Wildman–Crippen MR) is 156 cm³/mol. The van der Waals surface area contributed by atoms with Crippen LogP contribution in [-0.2, 0) is 20.0 Å². The molecule has 0 radical (unpaired) electrons. The van der Waals surface area contributed by atoms with Crippen molar-refractivity contribution in [2.45, 2.75) is 108 Å². The number of hydrogen-bond donors (Lipinski definition) is 0. The molecule has 37 heavy (non-hydrogen) atoms. The zero-order valence-corrected chi connectivity index (χ0v) is 26.9. The Morgan fingerprint density at radius 3 is 1.43 bits per heavy atom. The Labute approximate surface area is 244 Å². The summed E-state index contributed by atoms with van der Waals surface area (Å²) in [6, 6.07) is 10.1. The fourth-order valence-electron chi connectivity index (χ4n) is 12.5. The van der Waals surface area contributed by atoms with Crippen molar-refractivity contribution >= 4 is 28.1 Å². The zero-order chi connectivity index (χ0) is 25.4. The van der Waals surface area contributed by atoms with Crippen molar-refractivity contribution in [1.29, 1.82) is 0 Å². The molecule has 1 saturated heterocycles. The summed E-state index contributed by atoms with van der Waals surface area (Å²) in [5.74, 6) is 8.09. The van der Waals surface area contributed by atoms with E-state index in [1.54, 1.807) is 103 Å². The van der Waals surface area contributed by atoms with Crippen LogP contribution in [0.3, 0.4) is 0 Å². The summed E-state index contributed by atoms with van der Waals surface area (Å²) in [7, 11) is 4.46. The fourth-order valence-corrected chi connectivity index (χ4v) is 17.8. The molecule has 1 aliphatic heterocycles. The molecule has 8 saturated carbocycles. The minimum absolute atomic E-state index is 0.120. The van der Waals surface area contributed by atoms with E-state index < -0.39 is 0 Å². The Hall–Kier alpha value is 0.480. The van der Waals surface area contributed by atoms with Crippen molar-refractivity contribution in [2.75, 3.05) is 18.0 Å². The third kappa shape index (κ3) is 4.56. The van der Waals surface area contributed by atoms with Gasteiger partial charge >= 0.3 is 29.2 Å². The SMILES string of the molecule is C[C@@H]1C[C@H](C)CN(c2ccccc2P(C23CC4CC(CC(C4)C2)C3)C23CC4CC(CC(C4)C2)C3)C1.[Cl][Au]. The molecule has 1 nitrogen and oxygen atoms in total. The van der Waals surface area contributed by atoms with Crippen molar-refractivity contribution in [3.05, 3.63) is 24.3 Å². The second kappa shape index (κ2) is 10.1. The molecule has 8 bridgehead atoms. The van der Waals surface area contributed by atoms with Gasteiger partial charge in [-0.2, -0.15) is 0 Å². The molecule has 0 spiro atoms. The molecule has 1 heterocycles. The van der Waals surface area contributed by atoms with Crippen LogP contribution in [0, 0.1) is 47.3 Å². The number of piperidine rings is 1. The summed E-state index contributed by atoms with van der Waals surface area (Å²) < 4.78 is 0. The third-order valence-corrected chi connectivity index (χ3v) is 16.1. The molecule has 9 fully saturated rings. The van der Waals surface area contributed by atoms with E-state index in [4.69, 9.17) is 0 Å². The van der Waals surface area contributed by atoms with Crippen LogP contribution < -0.4 is 10.2 Å². The van der Waals surface area contributed by atoms with Crippen molar-refractivity contribution in [3.63, 3.8) is 0 Å². The monoisotopic (exact) mass is 721 g/mol. The fraction of sp³-hybridized carbons (Fsp3) is 0.818. The van der Waals surface area contributed by atoms with E-state index in [1.807, 2.05) is 5.30 Å². The number of para-hydroxylation sites is 1. The Morgan fingerprint density at radius 2 is 1.03 bits per heavy atom. The van der Waals surface area contributed by atoms with E-state index >= 15 is 0 Å². The summed E-state index contributed by atoms with van der Waals surface area (Å²) in [5, 5.41) is 3.25. The first kappa shape index (κ1) is 26.4. The van der Waals surface area contributed by atoms with E-state index in [-0.39, 0.29) is 7.92 Å². The minimum atomic E-state index is -0.120. The van der Waals surface area contributed by atoms with Crippen molar-refractivity contribution in [3.8, 4) is 0 Å². The standard InChI is InChI=1S/C33H48NP.Au.ClH/c1-22-7-23(2)21-34(20-22)30-5-3-4-6-31(30)35(32-14-24-8-25(15-32)10-26(9-24)16-32)33-17-27-11-28(18-33)13-29(12-27)19-33;;/h3-6,22-29H,7-21H2,1-2H3;;1H/q;+1;/p-1/t22-,23+,24?,25?,26?,27?,28?,29?,32?,33?,35?;;. The van der Waals surface area contributed by atoms with E-state index in [1.165, 1.54) is 19.5 Å². The molecule has 0 aromatic heterocycles. The van der Waals surface area contributed by atoms with Gasteiger partial charge in [-0.3, -0.25) is 0 Å². The summed E-state index contributed by atoms with van der Waals surface area (Å²) in [6.45, 7) is 7.58. The first-order valence-electron chi connectivity index (χ1n) is 15.7. The van der Waals surface area contributed by atoms with Gasteiger partial charge in [-0.25, -0.2) is 0 Å². The first-order valence-corrected chi connectivity index (χ1v) is 19.8. The van der Waals surface area contributed by atoms with Crippen LogP contribution in [0.1, 0.15) is 97.3 Å². The molecule has 0 unspecified atom stereocenters. The maximum atomic E-state index is 4.58. The Bertz CT molecular complexity index is 870. The number of halogens is 1. The van der Waals surface area contributed by atoms with Gasteiger partial charge in [-0.1, -0.05) is 40.0 Å². The molecule has 1 aromatic rings. The van der Waals surface area contributed by atoms with Crippen molar-refractivity contribution in [2.24, 2.45) is 47.3 Å². The average molecular weight is 722 g/mol. The van der Waals surface area contributed by atoms with E-state index in [0.717, 1.165) is 47.3 Å². The van der Waals surface area contributed by atoms with E-state index in [0.29, 0.717) is 10.3 Å². The molecule has 0 amide bonds. The topological polar surface area (TPSA) is 3.24 Å². The third-order valence-electron chi connectivity index (χ3n) is 12.3. The molecule has 208 valence electrons. The molecule has 8 aliphatic carbocycles. The van der Waals surface area contributed by atoms with Crippen LogP contribution in [0.25, 0.3) is 0 Å². The second-order valence-electron chi connectivity index (χ2n) is 15.5. The number of rotatable bonds is 4. The van der Waals surface area contributed by atoms with Crippen LogP contribution in [0.4, 0.5) is 5.69 Å². The number of anilines is 1. The van der Waals surface area contributed by atoms with Gasteiger partial charge in [0, 0.05) is 24.1 Å². The Morgan fingerprint density at radius 1 is 0.649 bits per heavy atom. The summed E-state index contributed by atoms with van der Waals surface area (Å²) >= 11 is 1.75. The van der Waals surface area contributed by atoms with Crippen LogP contribution >= 0.6 is 17.1 Å². The molecule has 0 N–H and O–H groups in total. The number of nitrogens with zero attached hydrogens (tertiary/aromatic N) is 1. The average Bonchev–Trinajstić information content (AvgIpc) is 2.83. The second-order valence-corrected chi connectivity index (χ2v) is 18.5. The van der Waals surface area contributed by atoms with Crippen LogP contribution in [0.5, 0.6) is 0 Å². The molecule has 4 heteroatoms. The van der Waals surface area contributed by atoms with Crippen molar-refractivity contribution in [1.82, 2.24) is 0 Å². The summed E-state index contributed by atoms with van der Waals surface area (Å²) in [5.41, 5.74) is 1.70.